The largest absolute Gasteiger partial charge is 0.481 e. The first-order chi connectivity index (χ1) is 13.0. The fourth-order valence-corrected chi connectivity index (χ4v) is 2.74. The normalized spacial score (nSPS) is 10.5. The maximum absolute atomic E-state index is 12.5. The summed E-state index contributed by atoms with van der Waals surface area (Å²) < 4.78 is 6.76. The third-order valence-electron chi connectivity index (χ3n) is 3.96. The number of aromatic nitrogens is 3. The first kappa shape index (κ1) is 18.7. The van der Waals surface area contributed by atoms with Gasteiger partial charge in [0.2, 0.25) is 5.88 Å². The van der Waals surface area contributed by atoms with E-state index in [2.05, 4.69) is 15.4 Å². The summed E-state index contributed by atoms with van der Waals surface area (Å²) in [6, 6.07) is 12.5. The number of hydrogen-bond donors (Lipinski definition) is 1. The molecule has 0 spiro atoms. The van der Waals surface area contributed by atoms with Crippen molar-refractivity contribution in [1.82, 2.24) is 19.7 Å². The van der Waals surface area contributed by atoms with Crippen LogP contribution in [0, 0.1) is 6.92 Å². The van der Waals surface area contributed by atoms with Crippen molar-refractivity contribution in [2.75, 3.05) is 19.5 Å². The highest BCUT2D eigenvalue weighted by Crippen LogP contribution is 2.22. The number of carbonyl (C=O) groups is 1. The van der Waals surface area contributed by atoms with Crippen LogP contribution in [-0.4, -0.2) is 39.9 Å². The Morgan fingerprint density at radius 3 is 2.78 bits per heavy atom. The number of nitrogens with one attached hydrogen (secondary N) is 1. The molecule has 3 aromatic rings. The number of ether oxygens (including phenoxy) is 1. The number of methoxy groups -OCH3 is 1. The highest BCUT2D eigenvalue weighted by atomic mass is 35.5. The van der Waals surface area contributed by atoms with Gasteiger partial charge in [0, 0.05) is 24.9 Å². The van der Waals surface area contributed by atoms with Gasteiger partial charge in [-0.3, -0.25) is 5.32 Å². The second-order valence-corrected chi connectivity index (χ2v) is 6.42. The molecule has 0 saturated carbocycles. The van der Waals surface area contributed by atoms with Crippen molar-refractivity contribution in [3.05, 3.63) is 64.9 Å². The van der Waals surface area contributed by atoms with E-state index < -0.39 is 0 Å². The van der Waals surface area contributed by atoms with Gasteiger partial charge < -0.3 is 9.64 Å². The van der Waals surface area contributed by atoms with Crippen molar-refractivity contribution in [1.29, 1.82) is 0 Å². The monoisotopic (exact) mass is 385 g/mol. The van der Waals surface area contributed by atoms with E-state index >= 15 is 0 Å². The summed E-state index contributed by atoms with van der Waals surface area (Å²) in [4.78, 5) is 18.4. The number of carbonyl (C=O) groups excluding carboxylic acids is 1. The molecule has 0 aliphatic heterocycles. The van der Waals surface area contributed by atoms with Gasteiger partial charge in [0.1, 0.15) is 0 Å². The molecule has 2 amide bonds. The van der Waals surface area contributed by atoms with Crippen molar-refractivity contribution in [2.45, 2.75) is 13.5 Å². The zero-order chi connectivity index (χ0) is 19.4. The number of benzene rings is 1. The van der Waals surface area contributed by atoms with Crippen LogP contribution in [0.4, 0.5) is 10.6 Å². The van der Waals surface area contributed by atoms with Gasteiger partial charge in [-0.25, -0.2) is 14.5 Å². The molecule has 2 heterocycles. The van der Waals surface area contributed by atoms with Crippen LogP contribution in [0.15, 0.2) is 48.7 Å². The lowest BCUT2D eigenvalue weighted by molar-refractivity contribution is 0.220. The van der Waals surface area contributed by atoms with Gasteiger partial charge in [-0.1, -0.05) is 29.8 Å². The lowest BCUT2D eigenvalue weighted by atomic mass is 10.3. The van der Waals surface area contributed by atoms with E-state index in [0.717, 1.165) is 16.9 Å². The molecular formula is C19H20ClN5O2. The Hall–Kier alpha value is -3.06. The molecule has 3 rings (SSSR count). The molecule has 0 aliphatic rings. The zero-order valence-electron chi connectivity index (χ0n) is 15.3. The van der Waals surface area contributed by atoms with Crippen LogP contribution in [0.1, 0.15) is 11.3 Å². The zero-order valence-corrected chi connectivity index (χ0v) is 16.1. The minimum absolute atomic E-state index is 0.285. The molecule has 1 N–H and O–H groups in total. The smallest absolute Gasteiger partial charge is 0.323 e. The van der Waals surface area contributed by atoms with Crippen LogP contribution in [-0.2, 0) is 6.54 Å². The number of pyridine rings is 1. The topological polar surface area (TPSA) is 72.3 Å². The van der Waals surface area contributed by atoms with E-state index in [0.29, 0.717) is 23.3 Å². The molecule has 8 heteroatoms. The second-order valence-electron chi connectivity index (χ2n) is 6.01. The van der Waals surface area contributed by atoms with Gasteiger partial charge in [0.05, 0.1) is 30.1 Å². The van der Waals surface area contributed by atoms with E-state index in [4.69, 9.17) is 16.3 Å². The van der Waals surface area contributed by atoms with Crippen molar-refractivity contribution < 1.29 is 9.53 Å². The molecule has 7 nitrogen and oxygen atoms in total. The maximum Gasteiger partial charge on any atom is 0.323 e. The number of amides is 2. The summed E-state index contributed by atoms with van der Waals surface area (Å²) in [7, 11) is 3.25. The number of rotatable bonds is 5. The number of aryl methyl sites for hydroxylation is 1. The molecule has 0 radical (unpaired) electrons. The van der Waals surface area contributed by atoms with Gasteiger partial charge in [-0.2, -0.15) is 0 Å². The average Bonchev–Trinajstić information content (AvgIpc) is 3.02. The number of nitrogens with zero attached hydrogens (tertiary/aromatic N) is 4. The van der Waals surface area contributed by atoms with E-state index in [9.17, 15) is 4.79 Å². The Balaban J connectivity index is 1.71. The molecule has 0 saturated heterocycles. The number of halogens is 1. The summed E-state index contributed by atoms with van der Waals surface area (Å²) in [5.41, 5.74) is 2.30. The van der Waals surface area contributed by atoms with Gasteiger partial charge in [-0.15, -0.1) is 5.10 Å². The molecule has 0 atom stereocenters. The number of anilines is 1. The Labute approximate surface area is 162 Å². The van der Waals surface area contributed by atoms with Gasteiger partial charge in [-0.05, 0) is 25.1 Å². The molecule has 27 heavy (non-hydrogen) atoms. The summed E-state index contributed by atoms with van der Waals surface area (Å²) >= 11 is 6.22. The number of para-hydroxylation sites is 1. The minimum atomic E-state index is -0.285. The Morgan fingerprint density at radius 1 is 1.26 bits per heavy atom. The second kappa shape index (κ2) is 8.09. The third-order valence-corrected chi connectivity index (χ3v) is 4.28. The molecule has 140 valence electrons. The molecule has 2 aromatic heterocycles. The molecule has 0 fully saturated rings. The molecular weight excluding hydrogens is 366 g/mol. The predicted octanol–water partition coefficient (Wildman–Crippen LogP) is 3.90. The molecule has 0 bridgehead atoms. The van der Waals surface area contributed by atoms with Crippen LogP contribution in [0.2, 0.25) is 5.02 Å². The van der Waals surface area contributed by atoms with Crippen LogP contribution in [0.25, 0.3) is 5.69 Å². The summed E-state index contributed by atoms with van der Waals surface area (Å²) in [6.07, 6.45) is 1.82. The Kier molecular flexibility index (Phi) is 5.61. The fraction of sp³-hybridized carbons (Fsp3) is 0.211. The highest BCUT2D eigenvalue weighted by molar-refractivity contribution is 6.32. The van der Waals surface area contributed by atoms with E-state index in [1.807, 2.05) is 43.5 Å². The number of urea groups is 1. The lowest BCUT2D eigenvalue weighted by Crippen LogP contribution is -2.31. The van der Waals surface area contributed by atoms with Gasteiger partial charge in [0.25, 0.3) is 0 Å². The Bertz CT molecular complexity index is 957. The standard InChI is InChI=1S/C19H20ClN5O2/c1-13-11-25(16-9-5-4-8-15(16)20)23-18(13)22-19(26)24(2)12-14-7-6-10-17(21-14)27-3/h4-11H,12H2,1-3H3,(H,22,23,26). The van der Waals surface area contributed by atoms with Crippen molar-refractivity contribution in [3.8, 4) is 11.6 Å². The minimum Gasteiger partial charge on any atom is -0.481 e. The molecule has 0 unspecified atom stereocenters. The van der Waals surface area contributed by atoms with Crippen molar-refractivity contribution in [3.63, 3.8) is 0 Å². The van der Waals surface area contributed by atoms with Crippen LogP contribution in [0.3, 0.4) is 0 Å². The average molecular weight is 386 g/mol. The van der Waals surface area contributed by atoms with Crippen LogP contribution < -0.4 is 10.1 Å². The summed E-state index contributed by atoms with van der Waals surface area (Å²) in [5, 5.41) is 7.84. The van der Waals surface area contributed by atoms with Crippen molar-refractivity contribution in [2.24, 2.45) is 0 Å². The summed E-state index contributed by atoms with van der Waals surface area (Å²) in [6.45, 7) is 2.22. The molecule has 1 aromatic carbocycles. The van der Waals surface area contributed by atoms with Crippen molar-refractivity contribution >= 4 is 23.4 Å². The van der Waals surface area contributed by atoms with Gasteiger partial charge >= 0.3 is 6.03 Å². The SMILES string of the molecule is COc1cccc(CN(C)C(=O)Nc2nn(-c3ccccc3Cl)cc2C)n1. The maximum atomic E-state index is 12.5. The quantitative estimate of drug-likeness (QED) is 0.722. The predicted molar refractivity (Wildman–Crippen MR) is 105 cm³/mol. The summed E-state index contributed by atoms with van der Waals surface area (Å²) in [5.74, 6) is 0.987. The first-order valence-electron chi connectivity index (χ1n) is 8.31. The van der Waals surface area contributed by atoms with Crippen LogP contribution in [0.5, 0.6) is 5.88 Å². The first-order valence-corrected chi connectivity index (χ1v) is 8.69. The van der Waals surface area contributed by atoms with Crippen LogP contribution >= 0.6 is 11.6 Å². The van der Waals surface area contributed by atoms with E-state index in [-0.39, 0.29) is 6.03 Å². The highest BCUT2D eigenvalue weighted by Gasteiger charge is 2.15. The lowest BCUT2D eigenvalue weighted by Gasteiger charge is -2.17. The number of hydrogen-bond acceptors (Lipinski definition) is 4. The van der Waals surface area contributed by atoms with E-state index in [1.54, 1.807) is 31.0 Å². The molecule has 0 aliphatic carbocycles. The fourth-order valence-electron chi connectivity index (χ4n) is 2.52. The Morgan fingerprint density at radius 2 is 2.04 bits per heavy atom. The van der Waals surface area contributed by atoms with E-state index in [1.165, 1.54) is 4.90 Å². The van der Waals surface area contributed by atoms with Gasteiger partial charge in [0.15, 0.2) is 5.82 Å². The third kappa shape index (κ3) is 4.38.